The summed E-state index contributed by atoms with van der Waals surface area (Å²) in [6.07, 6.45) is 0.885. The topological polar surface area (TPSA) is 81.3 Å². The Morgan fingerprint density at radius 1 is 1.12 bits per heavy atom. The van der Waals surface area contributed by atoms with E-state index in [1.807, 2.05) is 26.0 Å². The van der Waals surface area contributed by atoms with Crippen molar-refractivity contribution in [2.45, 2.75) is 38.6 Å². The van der Waals surface area contributed by atoms with Crippen LogP contribution < -0.4 is 10.5 Å². The molecule has 25 heavy (non-hydrogen) atoms. The van der Waals surface area contributed by atoms with E-state index in [0.717, 1.165) is 12.0 Å². The van der Waals surface area contributed by atoms with Gasteiger partial charge in [0.2, 0.25) is 0 Å². The Morgan fingerprint density at radius 2 is 1.80 bits per heavy atom. The van der Waals surface area contributed by atoms with E-state index in [4.69, 9.17) is 4.42 Å². The van der Waals surface area contributed by atoms with E-state index in [0.29, 0.717) is 23.3 Å². The number of aryl methyl sites for hydroxylation is 3. The quantitative estimate of drug-likeness (QED) is 0.757. The summed E-state index contributed by atoms with van der Waals surface area (Å²) in [6, 6.07) is 10.3. The summed E-state index contributed by atoms with van der Waals surface area (Å²) in [5, 5.41) is 0. The molecule has 0 aliphatic carbocycles. The number of hydrogen-bond donors (Lipinski definition) is 1. The van der Waals surface area contributed by atoms with Crippen LogP contribution in [0, 0.1) is 6.92 Å². The molecule has 0 aliphatic rings. The van der Waals surface area contributed by atoms with E-state index in [-0.39, 0.29) is 10.5 Å². The fourth-order valence-electron chi connectivity index (χ4n) is 2.80. The predicted octanol–water partition coefficient (Wildman–Crippen LogP) is 3.29. The zero-order valence-corrected chi connectivity index (χ0v) is 15.2. The monoisotopic (exact) mass is 360 g/mol. The number of fused-ring (bicyclic) bond motifs is 1. The van der Waals surface area contributed by atoms with Crippen LogP contribution in [0.2, 0.25) is 0 Å². The smallest absolute Gasteiger partial charge is 0.408 e. The number of nitrogens with one attached hydrogen (secondary N) is 1. The van der Waals surface area contributed by atoms with Crippen LogP contribution >= 0.6 is 0 Å². The van der Waals surface area contributed by atoms with E-state index in [9.17, 15) is 13.2 Å². The maximum atomic E-state index is 12.7. The predicted molar refractivity (Wildman–Crippen MR) is 97.5 cm³/mol. The maximum Gasteiger partial charge on any atom is 0.419 e. The van der Waals surface area contributed by atoms with Gasteiger partial charge in [-0.1, -0.05) is 19.1 Å². The van der Waals surface area contributed by atoms with Crippen LogP contribution in [-0.2, 0) is 23.0 Å². The Hall–Kier alpha value is -2.54. The first-order valence-corrected chi connectivity index (χ1v) is 9.59. The molecular formula is C18H20N2O4S. The standard InChI is InChI=1S/C18H20N2O4S/c1-4-13-6-8-14(9-7-13)19-25(22,23)17-11-16-15(10-12(17)3)20(5-2)18(21)24-16/h6-11,19H,4-5H2,1-3H3. The number of anilines is 1. The molecule has 1 N–H and O–H groups in total. The second kappa shape index (κ2) is 6.40. The van der Waals surface area contributed by atoms with Crippen molar-refractivity contribution in [3.05, 3.63) is 58.1 Å². The lowest BCUT2D eigenvalue weighted by Crippen LogP contribution is -2.14. The molecule has 7 heteroatoms. The molecule has 6 nitrogen and oxygen atoms in total. The highest BCUT2D eigenvalue weighted by molar-refractivity contribution is 7.92. The Kier molecular flexibility index (Phi) is 4.43. The molecule has 0 saturated carbocycles. The minimum atomic E-state index is -3.79. The zero-order valence-electron chi connectivity index (χ0n) is 14.4. The highest BCUT2D eigenvalue weighted by atomic mass is 32.2. The minimum Gasteiger partial charge on any atom is -0.408 e. The third-order valence-corrected chi connectivity index (χ3v) is 5.71. The van der Waals surface area contributed by atoms with Crippen LogP contribution in [0.3, 0.4) is 0 Å². The van der Waals surface area contributed by atoms with Crippen LogP contribution in [0.25, 0.3) is 11.1 Å². The summed E-state index contributed by atoms with van der Waals surface area (Å²) < 4.78 is 34.7. The summed E-state index contributed by atoms with van der Waals surface area (Å²) in [6.45, 7) is 6.02. The molecule has 0 atom stereocenters. The number of aromatic nitrogens is 1. The lowest BCUT2D eigenvalue weighted by Gasteiger charge is -2.11. The van der Waals surface area contributed by atoms with Gasteiger partial charge in [0.25, 0.3) is 10.0 Å². The molecule has 2 aromatic carbocycles. The van der Waals surface area contributed by atoms with Crippen LogP contribution in [0.1, 0.15) is 25.0 Å². The molecule has 0 aliphatic heterocycles. The summed E-state index contributed by atoms with van der Waals surface area (Å²) in [7, 11) is -3.79. The van der Waals surface area contributed by atoms with Crippen molar-refractivity contribution in [3.63, 3.8) is 0 Å². The van der Waals surface area contributed by atoms with Crippen molar-refractivity contribution < 1.29 is 12.8 Å². The van der Waals surface area contributed by atoms with Crippen molar-refractivity contribution >= 4 is 26.8 Å². The van der Waals surface area contributed by atoms with Gasteiger partial charge in [-0.05, 0) is 49.6 Å². The highest BCUT2D eigenvalue weighted by Gasteiger charge is 2.20. The molecule has 3 aromatic rings. The molecule has 0 spiro atoms. The number of nitrogens with zero attached hydrogens (tertiary/aromatic N) is 1. The summed E-state index contributed by atoms with van der Waals surface area (Å²) in [5.74, 6) is -0.491. The molecule has 3 rings (SSSR count). The van der Waals surface area contributed by atoms with Gasteiger partial charge in [-0.2, -0.15) is 0 Å². The van der Waals surface area contributed by atoms with E-state index >= 15 is 0 Å². The molecule has 0 saturated heterocycles. The molecule has 1 heterocycles. The van der Waals surface area contributed by atoms with Crippen LogP contribution in [0.4, 0.5) is 5.69 Å². The average Bonchev–Trinajstić information content (AvgIpc) is 2.88. The fourth-order valence-corrected chi connectivity index (χ4v) is 4.10. The number of hydrogen-bond acceptors (Lipinski definition) is 4. The van der Waals surface area contributed by atoms with Crippen LogP contribution in [0.5, 0.6) is 0 Å². The number of rotatable bonds is 5. The van der Waals surface area contributed by atoms with E-state index in [2.05, 4.69) is 4.72 Å². The van der Waals surface area contributed by atoms with Crippen LogP contribution in [0.15, 0.2) is 50.5 Å². The lowest BCUT2D eigenvalue weighted by atomic mass is 10.2. The van der Waals surface area contributed by atoms with E-state index in [1.165, 1.54) is 10.6 Å². The van der Waals surface area contributed by atoms with Crippen molar-refractivity contribution in [2.75, 3.05) is 4.72 Å². The first-order chi connectivity index (χ1) is 11.9. The molecule has 0 fully saturated rings. The molecule has 0 bridgehead atoms. The third-order valence-electron chi connectivity index (χ3n) is 4.19. The maximum absolute atomic E-state index is 12.7. The zero-order chi connectivity index (χ0) is 18.2. The van der Waals surface area contributed by atoms with Gasteiger partial charge < -0.3 is 4.42 Å². The van der Waals surface area contributed by atoms with Gasteiger partial charge in [0, 0.05) is 18.3 Å². The fraction of sp³-hybridized carbons (Fsp3) is 0.278. The van der Waals surface area contributed by atoms with Crippen molar-refractivity contribution in [1.82, 2.24) is 4.57 Å². The van der Waals surface area contributed by atoms with Gasteiger partial charge in [0.15, 0.2) is 5.58 Å². The minimum absolute atomic E-state index is 0.0940. The van der Waals surface area contributed by atoms with Crippen molar-refractivity contribution in [2.24, 2.45) is 0 Å². The first-order valence-electron chi connectivity index (χ1n) is 8.11. The number of sulfonamides is 1. The average molecular weight is 360 g/mol. The van der Waals surface area contributed by atoms with Crippen molar-refractivity contribution in [3.8, 4) is 0 Å². The summed E-state index contributed by atoms with van der Waals surface area (Å²) in [4.78, 5) is 11.9. The van der Waals surface area contributed by atoms with E-state index < -0.39 is 15.8 Å². The summed E-state index contributed by atoms with van der Waals surface area (Å²) >= 11 is 0. The van der Waals surface area contributed by atoms with Gasteiger partial charge >= 0.3 is 5.76 Å². The second-order valence-electron chi connectivity index (χ2n) is 5.85. The molecule has 132 valence electrons. The Labute approximate surface area is 146 Å². The molecule has 0 unspecified atom stereocenters. The third kappa shape index (κ3) is 3.19. The Bertz CT molecular complexity index is 1080. The molecule has 0 radical (unpaired) electrons. The largest absolute Gasteiger partial charge is 0.419 e. The molecule has 1 aromatic heterocycles. The molecular weight excluding hydrogens is 340 g/mol. The molecule has 0 amide bonds. The SMILES string of the molecule is CCc1ccc(NS(=O)(=O)c2cc3oc(=O)n(CC)c3cc2C)cc1. The van der Waals surface area contributed by atoms with Gasteiger partial charge in [0.1, 0.15) is 0 Å². The first kappa shape index (κ1) is 17.3. The van der Waals surface area contributed by atoms with Gasteiger partial charge in [-0.15, -0.1) is 0 Å². The van der Waals surface area contributed by atoms with Crippen LogP contribution in [-0.4, -0.2) is 13.0 Å². The van der Waals surface area contributed by atoms with Gasteiger partial charge in [-0.25, -0.2) is 13.2 Å². The highest BCUT2D eigenvalue weighted by Crippen LogP contribution is 2.25. The van der Waals surface area contributed by atoms with Crippen molar-refractivity contribution in [1.29, 1.82) is 0 Å². The lowest BCUT2D eigenvalue weighted by molar-refractivity contribution is 0.512. The Balaban J connectivity index is 2.04. The Morgan fingerprint density at radius 3 is 2.40 bits per heavy atom. The van der Waals surface area contributed by atoms with Gasteiger partial charge in [0.05, 0.1) is 10.4 Å². The summed E-state index contributed by atoms with van der Waals surface area (Å²) in [5.41, 5.74) is 3.02. The number of oxazole rings is 1. The number of benzene rings is 2. The van der Waals surface area contributed by atoms with E-state index in [1.54, 1.807) is 25.1 Å². The second-order valence-corrected chi connectivity index (χ2v) is 7.50. The van der Waals surface area contributed by atoms with Gasteiger partial charge in [-0.3, -0.25) is 9.29 Å². The normalized spacial score (nSPS) is 11.8.